The number of nitrogens with one attached hydrogen (secondary N) is 1. The van der Waals surface area contributed by atoms with Crippen LogP contribution in [0, 0.1) is 6.92 Å². The van der Waals surface area contributed by atoms with Gasteiger partial charge in [-0.3, -0.25) is 4.98 Å². The van der Waals surface area contributed by atoms with Crippen LogP contribution in [0.5, 0.6) is 5.75 Å². The minimum absolute atomic E-state index is 0.438. The molecule has 108 valence electrons. The van der Waals surface area contributed by atoms with Crippen molar-refractivity contribution in [3.63, 3.8) is 0 Å². The number of nitrogens with zero attached hydrogens (tertiary/aromatic N) is 1. The Morgan fingerprint density at radius 3 is 2.85 bits per heavy atom. The number of furan rings is 1. The van der Waals surface area contributed by atoms with Crippen LogP contribution in [0.1, 0.15) is 30.9 Å². The second-order valence-corrected chi connectivity index (χ2v) is 5.87. The summed E-state index contributed by atoms with van der Waals surface area (Å²) < 4.78 is 12.3. The highest BCUT2D eigenvalue weighted by atomic mass is 79.9. The quantitative estimate of drug-likeness (QED) is 0.869. The predicted octanol–water partition coefficient (Wildman–Crippen LogP) is 3.82. The Labute approximate surface area is 127 Å². The molecule has 5 heteroatoms. The molecular formula is C15H19BrN2O2. The van der Waals surface area contributed by atoms with Gasteiger partial charge in [-0.05, 0) is 35.0 Å². The first kappa shape index (κ1) is 15.1. The Hall–Kier alpha value is -1.33. The molecule has 0 radical (unpaired) electrons. The van der Waals surface area contributed by atoms with Gasteiger partial charge in [0, 0.05) is 22.3 Å². The van der Waals surface area contributed by atoms with E-state index in [4.69, 9.17) is 9.15 Å². The molecule has 2 rings (SSSR count). The highest BCUT2D eigenvalue weighted by Crippen LogP contribution is 2.20. The Bertz CT molecular complexity index is 567. The van der Waals surface area contributed by atoms with Crippen LogP contribution in [0.3, 0.4) is 0 Å². The second-order valence-electron chi connectivity index (χ2n) is 4.96. The largest absolute Gasteiger partial charge is 0.487 e. The lowest BCUT2D eigenvalue weighted by atomic mass is 10.2. The van der Waals surface area contributed by atoms with Gasteiger partial charge in [-0.15, -0.1) is 0 Å². The van der Waals surface area contributed by atoms with Crippen LogP contribution in [0.15, 0.2) is 33.4 Å². The van der Waals surface area contributed by atoms with E-state index in [1.165, 1.54) is 0 Å². The summed E-state index contributed by atoms with van der Waals surface area (Å²) in [7, 11) is 0. The molecule has 2 heterocycles. The zero-order chi connectivity index (χ0) is 14.5. The zero-order valence-corrected chi connectivity index (χ0v) is 13.5. The number of hydrogen-bond acceptors (Lipinski definition) is 4. The van der Waals surface area contributed by atoms with Crippen LogP contribution in [-0.2, 0) is 13.2 Å². The number of aryl methyl sites for hydroxylation is 1. The van der Waals surface area contributed by atoms with Crippen molar-refractivity contribution in [2.24, 2.45) is 0 Å². The molecule has 0 aliphatic heterocycles. The Morgan fingerprint density at radius 2 is 2.15 bits per heavy atom. The van der Waals surface area contributed by atoms with E-state index in [1.54, 1.807) is 12.4 Å². The van der Waals surface area contributed by atoms with E-state index in [-0.39, 0.29) is 0 Å². The summed E-state index contributed by atoms with van der Waals surface area (Å²) in [6.45, 7) is 7.39. The van der Waals surface area contributed by atoms with Crippen LogP contribution < -0.4 is 10.1 Å². The van der Waals surface area contributed by atoms with E-state index in [2.05, 4.69) is 40.1 Å². The van der Waals surface area contributed by atoms with Crippen LogP contribution in [-0.4, -0.2) is 11.0 Å². The van der Waals surface area contributed by atoms with Crippen molar-refractivity contribution in [3.05, 3.63) is 46.1 Å². The van der Waals surface area contributed by atoms with Gasteiger partial charge < -0.3 is 14.5 Å². The monoisotopic (exact) mass is 338 g/mol. The molecule has 0 aliphatic rings. The third kappa shape index (κ3) is 4.35. The normalized spacial score (nSPS) is 11.1. The van der Waals surface area contributed by atoms with Gasteiger partial charge in [0.2, 0.25) is 0 Å². The number of ether oxygens (including phenoxy) is 1. The topological polar surface area (TPSA) is 47.3 Å². The van der Waals surface area contributed by atoms with E-state index in [9.17, 15) is 0 Å². The molecule has 4 nitrogen and oxygen atoms in total. The van der Waals surface area contributed by atoms with E-state index >= 15 is 0 Å². The Morgan fingerprint density at radius 1 is 1.35 bits per heavy atom. The standard InChI is InChI=1S/C15H19BrN2O2/c1-10(2)18-8-15-4-12(11(3)20-15)9-19-14-5-13(16)6-17-7-14/h4-7,10,18H,8-9H2,1-3H3. The zero-order valence-electron chi connectivity index (χ0n) is 11.9. The molecule has 1 N–H and O–H groups in total. The van der Waals surface area contributed by atoms with Crippen LogP contribution >= 0.6 is 15.9 Å². The molecule has 0 atom stereocenters. The van der Waals surface area contributed by atoms with Gasteiger partial charge >= 0.3 is 0 Å². The maximum atomic E-state index is 5.72. The first-order valence-electron chi connectivity index (χ1n) is 6.59. The molecule has 0 saturated heterocycles. The number of halogens is 1. The Balaban J connectivity index is 1.96. The smallest absolute Gasteiger partial charge is 0.139 e. The molecular weight excluding hydrogens is 320 g/mol. The van der Waals surface area contributed by atoms with Gasteiger partial charge in [0.15, 0.2) is 0 Å². The first-order chi connectivity index (χ1) is 9.54. The highest BCUT2D eigenvalue weighted by Gasteiger charge is 2.08. The average Bonchev–Trinajstić information content (AvgIpc) is 2.75. The maximum absolute atomic E-state index is 5.72. The summed E-state index contributed by atoms with van der Waals surface area (Å²) in [5.41, 5.74) is 1.06. The van der Waals surface area contributed by atoms with E-state index in [1.807, 2.05) is 19.1 Å². The molecule has 0 unspecified atom stereocenters. The molecule has 0 aliphatic carbocycles. The lowest BCUT2D eigenvalue weighted by Gasteiger charge is -2.05. The minimum atomic E-state index is 0.438. The lowest BCUT2D eigenvalue weighted by Crippen LogP contribution is -2.21. The van der Waals surface area contributed by atoms with Crippen molar-refractivity contribution in [2.75, 3.05) is 0 Å². The molecule has 0 saturated carbocycles. The highest BCUT2D eigenvalue weighted by molar-refractivity contribution is 9.10. The number of rotatable bonds is 6. The number of hydrogen-bond donors (Lipinski definition) is 1. The van der Waals surface area contributed by atoms with Gasteiger partial charge in [-0.1, -0.05) is 13.8 Å². The Kier molecular flexibility index (Phi) is 5.20. The molecule has 0 bridgehead atoms. The van der Waals surface area contributed by atoms with Crippen molar-refractivity contribution in [1.29, 1.82) is 0 Å². The number of pyridine rings is 1. The summed E-state index contributed by atoms with van der Waals surface area (Å²) in [5, 5.41) is 3.33. The van der Waals surface area contributed by atoms with Gasteiger partial charge in [0.1, 0.15) is 23.9 Å². The van der Waals surface area contributed by atoms with Crippen LogP contribution in [0.25, 0.3) is 0 Å². The lowest BCUT2D eigenvalue weighted by molar-refractivity contribution is 0.301. The summed E-state index contributed by atoms with van der Waals surface area (Å²) >= 11 is 3.37. The third-order valence-electron chi connectivity index (χ3n) is 2.83. The second kappa shape index (κ2) is 6.90. The molecule has 0 spiro atoms. The third-order valence-corrected chi connectivity index (χ3v) is 3.26. The fourth-order valence-corrected chi connectivity index (χ4v) is 2.10. The van der Waals surface area contributed by atoms with E-state index in [0.29, 0.717) is 12.6 Å². The van der Waals surface area contributed by atoms with Crippen LogP contribution in [0.4, 0.5) is 0 Å². The van der Waals surface area contributed by atoms with Crippen molar-refractivity contribution in [2.45, 2.75) is 40.0 Å². The van der Waals surface area contributed by atoms with Crippen LogP contribution in [0.2, 0.25) is 0 Å². The SMILES string of the molecule is Cc1oc(CNC(C)C)cc1COc1cncc(Br)c1. The van der Waals surface area contributed by atoms with Gasteiger partial charge in [0.05, 0.1) is 12.7 Å². The van der Waals surface area contributed by atoms with E-state index in [0.717, 1.165) is 33.9 Å². The fraction of sp³-hybridized carbons (Fsp3) is 0.400. The summed E-state index contributed by atoms with van der Waals surface area (Å²) in [6.07, 6.45) is 3.42. The van der Waals surface area contributed by atoms with Gasteiger partial charge in [-0.2, -0.15) is 0 Å². The van der Waals surface area contributed by atoms with Crippen molar-refractivity contribution in [3.8, 4) is 5.75 Å². The van der Waals surface area contributed by atoms with E-state index < -0.39 is 0 Å². The summed E-state index contributed by atoms with van der Waals surface area (Å²) in [4.78, 5) is 4.07. The summed E-state index contributed by atoms with van der Waals surface area (Å²) in [5.74, 6) is 2.57. The minimum Gasteiger partial charge on any atom is -0.487 e. The molecule has 2 aromatic heterocycles. The fourth-order valence-electron chi connectivity index (χ4n) is 1.76. The molecule has 0 amide bonds. The van der Waals surface area contributed by atoms with Crippen molar-refractivity contribution in [1.82, 2.24) is 10.3 Å². The average molecular weight is 339 g/mol. The number of aromatic nitrogens is 1. The van der Waals surface area contributed by atoms with Crippen molar-refractivity contribution < 1.29 is 9.15 Å². The molecule has 0 aromatic carbocycles. The van der Waals surface area contributed by atoms with Gasteiger partial charge in [0.25, 0.3) is 0 Å². The molecule has 0 fully saturated rings. The maximum Gasteiger partial charge on any atom is 0.139 e. The molecule has 20 heavy (non-hydrogen) atoms. The van der Waals surface area contributed by atoms with Crippen molar-refractivity contribution >= 4 is 15.9 Å². The molecule has 2 aromatic rings. The van der Waals surface area contributed by atoms with Gasteiger partial charge in [-0.25, -0.2) is 0 Å². The predicted molar refractivity (Wildman–Crippen MR) is 81.7 cm³/mol. The summed E-state index contributed by atoms with van der Waals surface area (Å²) in [6, 6.07) is 4.37. The first-order valence-corrected chi connectivity index (χ1v) is 7.39.